The monoisotopic (exact) mass is 345 g/mol. The van der Waals surface area contributed by atoms with Crippen LogP contribution in [0.25, 0.3) is 0 Å². The fourth-order valence-corrected chi connectivity index (χ4v) is 4.65. The number of hydrogen-bond donors (Lipinski definition) is 1. The van der Waals surface area contributed by atoms with Crippen LogP contribution in [0.1, 0.15) is 9.67 Å². The molecule has 6 nitrogen and oxygen atoms in total. The summed E-state index contributed by atoms with van der Waals surface area (Å²) in [6.07, 6.45) is -4.69. The molecule has 0 bridgehead atoms. The highest BCUT2D eigenvalue weighted by molar-refractivity contribution is 7.91. The molecule has 1 aliphatic rings. The zero-order chi connectivity index (χ0) is 16.1. The van der Waals surface area contributed by atoms with Crippen molar-refractivity contribution in [2.75, 3.05) is 20.2 Å². The molecule has 0 amide bonds. The van der Waals surface area contributed by atoms with E-state index in [1.165, 1.54) is 0 Å². The first-order valence-corrected chi connectivity index (χ1v) is 7.74. The molecule has 1 N–H and O–H groups in total. The average molecular weight is 345 g/mol. The maximum atomic E-state index is 12.8. The SMILES string of the molecule is COC1(C(F)(F)F)CN(S(=O)(=O)c2ccc(C(=O)O)s2)C1. The Morgan fingerprint density at radius 3 is 2.38 bits per heavy atom. The summed E-state index contributed by atoms with van der Waals surface area (Å²) in [5, 5.41) is 8.73. The van der Waals surface area contributed by atoms with E-state index in [0.29, 0.717) is 15.6 Å². The molecule has 1 aromatic heterocycles. The Balaban J connectivity index is 2.22. The summed E-state index contributed by atoms with van der Waals surface area (Å²) in [4.78, 5) is 10.5. The number of halogens is 3. The van der Waals surface area contributed by atoms with Gasteiger partial charge in [-0.3, -0.25) is 0 Å². The molecule has 21 heavy (non-hydrogen) atoms. The number of ether oxygens (including phenoxy) is 1. The summed E-state index contributed by atoms with van der Waals surface area (Å²) < 4.78 is 67.3. The molecule has 0 unspecified atom stereocenters. The van der Waals surface area contributed by atoms with Crippen LogP contribution in [-0.2, 0) is 14.8 Å². The van der Waals surface area contributed by atoms with Crippen LogP contribution in [0.5, 0.6) is 0 Å². The van der Waals surface area contributed by atoms with E-state index in [1.807, 2.05) is 0 Å². The van der Waals surface area contributed by atoms with E-state index in [1.54, 1.807) is 0 Å². The van der Waals surface area contributed by atoms with Crippen molar-refractivity contribution >= 4 is 27.3 Å². The summed E-state index contributed by atoms with van der Waals surface area (Å²) in [6, 6.07) is 2.15. The van der Waals surface area contributed by atoms with Gasteiger partial charge in [-0.1, -0.05) is 0 Å². The molecule has 1 saturated heterocycles. The van der Waals surface area contributed by atoms with E-state index in [-0.39, 0.29) is 9.09 Å². The Bertz CT molecular complexity index is 660. The molecule has 0 aromatic carbocycles. The lowest BCUT2D eigenvalue weighted by molar-refractivity contribution is -0.299. The first kappa shape index (κ1) is 16.2. The fourth-order valence-electron chi connectivity index (χ4n) is 1.82. The molecule has 1 aliphatic heterocycles. The second-order valence-corrected chi connectivity index (χ2v) is 7.64. The summed E-state index contributed by atoms with van der Waals surface area (Å²) >= 11 is 0.490. The Morgan fingerprint density at radius 1 is 1.43 bits per heavy atom. The van der Waals surface area contributed by atoms with Gasteiger partial charge in [-0.15, -0.1) is 11.3 Å². The van der Waals surface area contributed by atoms with Crippen molar-refractivity contribution in [3.8, 4) is 0 Å². The summed E-state index contributed by atoms with van der Waals surface area (Å²) in [7, 11) is -3.28. The van der Waals surface area contributed by atoms with Crippen LogP contribution in [0.2, 0.25) is 0 Å². The highest BCUT2D eigenvalue weighted by Crippen LogP contribution is 2.43. The number of hydrogen-bond acceptors (Lipinski definition) is 5. The maximum Gasteiger partial charge on any atom is 0.420 e. The number of alkyl halides is 3. The minimum atomic E-state index is -4.69. The van der Waals surface area contributed by atoms with Crippen LogP contribution < -0.4 is 0 Å². The van der Waals surface area contributed by atoms with E-state index >= 15 is 0 Å². The van der Waals surface area contributed by atoms with Crippen molar-refractivity contribution in [2.24, 2.45) is 0 Å². The Morgan fingerprint density at radius 2 is 2.00 bits per heavy atom. The molecule has 1 fully saturated rings. The van der Waals surface area contributed by atoms with Crippen LogP contribution in [-0.4, -0.2) is 55.8 Å². The normalized spacial score (nSPS) is 19.2. The molecule has 2 rings (SSSR count). The number of nitrogens with zero attached hydrogens (tertiary/aromatic N) is 1. The predicted molar refractivity (Wildman–Crippen MR) is 65.8 cm³/mol. The van der Waals surface area contributed by atoms with E-state index in [9.17, 15) is 26.4 Å². The molecule has 118 valence electrons. The largest absolute Gasteiger partial charge is 0.477 e. The van der Waals surface area contributed by atoms with Crippen molar-refractivity contribution in [3.63, 3.8) is 0 Å². The minimum absolute atomic E-state index is 0.206. The molecule has 2 heterocycles. The molecule has 0 spiro atoms. The Labute approximate surface area is 121 Å². The smallest absolute Gasteiger partial charge is 0.420 e. The highest BCUT2D eigenvalue weighted by Gasteiger charge is 2.65. The van der Waals surface area contributed by atoms with Crippen molar-refractivity contribution in [1.29, 1.82) is 0 Å². The van der Waals surface area contributed by atoms with E-state index < -0.39 is 40.9 Å². The number of aromatic carboxylic acids is 1. The second kappa shape index (κ2) is 4.93. The van der Waals surface area contributed by atoms with Gasteiger partial charge in [0.05, 0.1) is 13.1 Å². The summed E-state index contributed by atoms with van der Waals surface area (Å²) in [5.74, 6) is -1.30. The molecular formula is C10H10F3NO5S2. The molecule has 0 aliphatic carbocycles. The van der Waals surface area contributed by atoms with Gasteiger partial charge in [0.15, 0.2) is 5.60 Å². The third-order valence-electron chi connectivity index (χ3n) is 3.16. The van der Waals surface area contributed by atoms with Gasteiger partial charge in [0.2, 0.25) is 0 Å². The average Bonchev–Trinajstić information content (AvgIpc) is 2.75. The third kappa shape index (κ3) is 2.54. The number of thiophene rings is 1. The van der Waals surface area contributed by atoms with Crippen molar-refractivity contribution in [3.05, 3.63) is 17.0 Å². The predicted octanol–water partition coefficient (Wildman–Crippen LogP) is 1.40. The van der Waals surface area contributed by atoms with E-state index in [4.69, 9.17) is 5.11 Å². The van der Waals surface area contributed by atoms with Crippen LogP contribution in [0.3, 0.4) is 0 Å². The number of methoxy groups -OCH3 is 1. The second-order valence-electron chi connectivity index (χ2n) is 4.39. The van der Waals surface area contributed by atoms with E-state index in [2.05, 4.69) is 4.74 Å². The zero-order valence-electron chi connectivity index (χ0n) is 10.5. The van der Waals surface area contributed by atoms with Gasteiger partial charge in [0.1, 0.15) is 9.09 Å². The van der Waals surface area contributed by atoms with Crippen LogP contribution >= 0.6 is 11.3 Å². The van der Waals surface area contributed by atoms with Crippen molar-refractivity contribution < 1.29 is 36.2 Å². The van der Waals surface area contributed by atoms with E-state index in [0.717, 1.165) is 19.2 Å². The Kier molecular flexibility index (Phi) is 3.81. The first-order chi connectivity index (χ1) is 9.53. The van der Waals surface area contributed by atoms with Crippen LogP contribution in [0.15, 0.2) is 16.3 Å². The van der Waals surface area contributed by atoms with Gasteiger partial charge in [-0.05, 0) is 12.1 Å². The molecule has 0 saturated carbocycles. The number of carboxylic acids is 1. The van der Waals surface area contributed by atoms with Crippen LogP contribution in [0, 0.1) is 0 Å². The highest BCUT2D eigenvalue weighted by atomic mass is 32.2. The number of sulfonamides is 1. The molecule has 11 heteroatoms. The lowest BCUT2D eigenvalue weighted by Crippen LogP contribution is -2.70. The molecular weight excluding hydrogens is 335 g/mol. The van der Waals surface area contributed by atoms with Crippen molar-refractivity contribution in [1.82, 2.24) is 4.31 Å². The van der Waals surface area contributed by atoms with Crippen molar-refractivity contribution in [2.45, 2.75) is 16.0 Å². The van der Waals surface area contributed by atoms with Gasteiger partial charge in [0, 0.05) is 7.11 Å². The minimum Gasteiger partial charge on any atom is -0.477 e. The zero-order valence-corrected chi connectivity index (χ0v) is 12.2. The van der Waals surface area contributed by atoms with Gasteiger partial charge in [-0.25, -0.2) is 13.2 Å². The van der Waals surface area contributed by atoms with Gasteiger partial charge in [0.25, 0.3) is 10.0 Å². The van der Waals surface area contributed by atoms with Gasteiger partial charge < -0.3 is 9.84 Å². The standard InChI is InChI=1S/C10H10F3NO5S2/c1-19-9(10(11,12)13)4-14(5-9)21(17,18)7-3-2-6(20-7)8(15)16/h2-3H,4-5H2,1H3,(H,15,16). The lowest BCUT2D eigenvalue weighted by Gasteiger charge is -2.48. The first-order valence-electron chi connectivity index (χ1n) is 5.49. The third-order valence-corrected chi connectivity index (χ3v) is 6.49. The molecule has 0 atom stereocenters. The topological polar surface area (TPSA) is 83.9 Å². The van der Waals surface area contributed by atoms with Gasteiger partial charge in [-0.2, -0.15) is 17.5 Å². The quantitative estimate of drug-likeness (QED) is 0.892. The number of carbonyl (C=O) groups is 1. The number of rotatable bonds is 4. The van der Waals surface area contributed by atoms with Gasteiger partial charge >= 0.3 is 12.1 Å². The fraction of sp³-hybridized carbons (Fsp3) is 0.500. The summed E-state index contributed by atoms with van der Waals surface area (Å²) in [6.45, 7) is -1.70. The molecule has 1 aromatic rings. The lowest BCUT2D eigenvalue weighted by atomic mass is 9.96. The summed E-state index contributed by atoms with van der Waals surface area (Å²) in [5.41, 5.74) is -2.51. The maximum absolute atomic E-state index is 12.8. The number of carboxylic acid groups (broad SMARTS) is 1. The Hall–Kier alpha value is -1.17. The molecule has 0 radical (unpaired) electrons. The van der Waals surface area contributed by atoms with Crippen LogP contribution in [0.4, 0.5) is 13.2 Å².